The van der Waals surface area contributed by atoms with Crippen LogP contribution < -0.4 is 0 Å². The summed E-state index contributed by atoms with van der Waals surface area (Å²) in [4.78, 5) is 4.80. The monoisotopic (exact) mass is 221 g/mol. The van der Waals surface area contributed by atoms with Gasteiger partial charge in [-0.1, -0.05) is 23.9 Å². The van der Waals surface area contributed by atoms with E-state index in [2.05, 4.69) is 17.0 Å². The van der Waals surface area contributed by atoms with Crippen molar-refractivity contribution in [2.45, 2.75) is 13.3 Å². The molecule has 16 heavy (non-hydrogen) atoms. The summed E-state index contributed by atoms with van der Waals surface area (Å²) in [5.41, 5.74) is 0.267. The van der Waals surface area contributed by atoms with Gasteiger partial charge in [-0.2, -0.15) is 0 Å². The largest absolute Gasteiger partial charge is 0.507 e. The molecule has 4 heteroatoms. The van der Waals surface area contributed by atoms with Gasteiger partial charge in [-0.25, -0.2) is 4.39 Å². The number of hydrogen-bond donors (Lipinski definition) is 1. The van der Waals surface area contributed by atoms with Gasteiger partial charge in [-0.3, -0.25) is 0 Å². The molecule has 0 aliphatic heterocycles. The Labute approximate surface area is 93.5 Å². The second kappa shape index (κ2) is 6.46. The van der Waals surface area contributed by atoms with Crippen LogP contribution >= 0.6 is 0 Å². The molecule has 0 unspecified atom stereocenters. The quantitative estimate of drug-likeness (QED) is 0.368. The Hall–Kier alpha value is -2.02. The van der Waals surface area contributed by atoms with Crippen molar-refractivity contribution in [1.82, 2.24) is 0 Å². The van der Waals surface area contributed by atoms with Crippen molar-refractivity contribution in [3.05, 3.63) is 29.6 Å². The molecule has 0 amide bonds. The number of halogens is 1. The number of rotatable bonds is 3. The van der Waals surface area contributed by atoms with Crippen molar-refractivity contribution < 1.29 is 14.3 Å². The van der Waals surface area contributed by atoms with Gasteiger partial charge < -0.3 is 9.94 Å². The molecule has 0 spiro atoms. The maximum Gasteiger partial charge on any atom is 0.177 e. The lowest BCUT2D eigenvalue weighted by molar-refractivity contribution is 0.181. The first-order chi connectivity index (χ1) is 7.74. The highest BCUT2D eigenvalue weighted by molar-refractivity contribution is 5.82. The topological polar surface area (TPSA) is 41.8 Å². The number of hydrogen-bond acceptors (Lipinski definition) is 3. The van der Waals surface area contributed by atoms with E-state index in [4.69, 9.17) is 4.84 Å². The Morgan fingerprint density at radius 2 is 2.31 bits per heavy atom. The molecule has 0 radical (unpaired) electrons. The van der Waals surface area contributed by atoms with Crippen molar-refractivity contribution >= 4 is 6.21 Å². The fraction of sp³-hybridized carbons (Fsp3) is 0.250. The Morgan fingerprint density at radius 3 is 3.06 bits per heavy atom. The zero-order valence-corrected chi connectivity index (χ0v) is 8.90. The molecule has 0 aliphatic carbocycles. The highest BCUT2D eigenvalue weighted by Gasteiger charge is 1.99. The number of nitrogens with zero attached hydrogens (tertiary/aromatic N) is 1. The smallest absolute Gasteiger partial charge is 0.177 e. The van der Waals surface area contributed by atoms with Gasteiger partial charge in [-0.15, -0.1) is 0 Å². The third kappa shape index (κ3) is 4.01. The van der Waals surface area contributed by atoms with Crippen LogP contribution in [0.4, 0.5) is 4.39 Å². The molecule has 1 N–H and O–H groups in total. The van der Waals surface area contributed by atoms with E-state index in [0.29, 0.717) is 0 Å². The lowest BCUT2D eigenvalue weighted by Gasteiger charge is -1.97. The van der Waals surface area contributed by atoms with Gasteiger partial charge >= 0.3 is 0 Å². The Kier molecular flexibility index (Phi) is 4.87. The molecule has 1 rings (SSSR count). The Bertz CT molecular complexity index is 432. The highest BCUT2D eigenvalue weighted by Crippen LogP contribution is 2.15. The van der Waals surface area contributed by atoms with Crippen LogP contribution in [0.5, 0.6) is 5.75 Å². The van der Waals surface area contributed by atoms with Gasteiger partial charge in [0.1, 0.15) is 11.6 Å². The first-order valence-electron chi connectivity index (χ1n) is 4.83. The van der Waals surface area contributed by atoms with Crippen LogP contribution in [0.3, 0.4) is 0 Å². The average molecular weight is 221 g/mol. The lowest BCUT2D eigenvalue weighted by atomic mass is 10.2. The number of oxime groups is 1. The van der Waals surface area contributed by atoms with E-state index in [-0.39, 0.29) is 17.9 Å². The minimum Gasteiger partial charge on any atom is -0.507 e. The standard InChI is InChI=1S/C12H12FNO2/c1-2-3-4-7-16-14-9-10-8-11(13)5-6-12(10)15/h5-6,8-9,15H,2,7H2,1H3/b14-9+. The van der Waals surface area contributed by atoms with Crippen LogP contribution in [0.25, 0.3) is 0 Å². The molecular formula is C12H12FNO2. The third-order valence-electron chi connectivity index (χ3n) is 1.69. The SMILES string of the molecule is CCC#CCO/N=C/c1cc(F)ccc1O. The summed E-state index contributed by atoms with van der Waals surface area (Å²) in [6.07, 6.45) is 2.00. The summed E-state index contributed by atoms with van der Waals surface area (Å²) >= 11 is 0. The van der Waals surface area contributed by atoms with Crippen molar-refractivity contribution in [3.63, 3.8) is 0 Å². The fourth-order valence-corrected chi connectivity index (χ4v) is 0.968. The van der Waals surface area contributed by atoms with Crippen LogP contribution in [-0.2, 0) is 4.84 Å². The van der Waals surface area contributed by atoms with Gasteiger partial charge in [-0.05, 0) is 18.2 Å². The van der Waals surface area contributed by atoms with Crippen molar-refractivity contribution in [3.8, 4) is 17.6 Å². The molecule has 1 aromatic rings. The van der Waals surface area contributed by atoms with Gasteiger partial charge in [0, 0.05) is 12.0 Å². The summed E-state index contributed by atoms with van der Waals surface area (Å²) in [5.74, 6) is 5.05. The van der Waals surface area contributed by atoms with Crippen LogP contribution in [0.2, 0.25) is 0 Å². The maximum absolute atomic E-state index is 12.8. The molecule has 0 aromatic heterocycles. The zero-order chi connectivity index (χ0) is 11.8. The molecule has 0 bridgehead atoms. The summed E-state index contributed by atoms with van der Waals surface area (Å²) in [6.45, 7) is 2.11. The van der Waals surface area contributed by atoms with Crippen LogP contribution in [0.15, 0.2) is 23.4 Å². The molecule has 0 aliphatic rings. The van der Waals surface area contributed by atoms with Gasteiger partial charge in [0.15, 0.2) is 6.61 Å². The predicted octanol–water partition coefficient (Wildman–Crippen LogP) is 2.30. The Balaban J connectivity index is 2.52. The molecule has 84 valence electrons. The molecule has 0 heterocycles. The number of benzene rings is 1. The van der Waals surface area contributed by atoms with E-state index in [9.17, 15) is 9.50 Å². The molecule has 1 aromatic carbocycles. The Morgan fingerprint density at radius 1 is 1.50 bits per heavy atom. The van der Waals surface area contributed by atoms with Crippen LogP contribution in [0, 0.1) is 17.7 Å². The molecule has 0 fully saturated rings. The number of phenols is 1. The van der Waals surface area contributed by atoms with Crippen LogP contribution in [-0.4, -0.2) is 17.9 Å². The van der Waals surface area contributed by atoms with Gasteiger partial charge in [0.2, 0.25) is 0 Å². The van der Waals surface area contributed by atoms with Crippen LogP contribution in [0.1, 0.15) is 18.9 Å². The first kappa shape index (κ1) is 12.1. The third-order valence-corrected chi connectivity index (χ3v) is 1.69. The summed E-state index contributed by atoms with van der Waals surface area (Å²) < 4.78 is 12.8. The second-order valence-corrected chi connectivity index (χ2v) is 2.92. The van der Waals surface area contributed by atoms with E-state index < -0.39 is 5.82 Å². The van der Waals surface area contributed by atoms with E-state index in [0.717, 1.165) is 6.42 Å². The normalized spacial score (nSPS) is 9.88. The van der Waals surface area contributed by atoms with Gasteiger partial charge in [0.25, 0.3) is 0 Å². The van der Waals surface area contributed by atoms with Crippen molar-refractivity contribution in [2.75, 3.05) is 6.61 Å². The predicted molar refractivity (Wildman–Crippen MR) is 59.7 cm³/mol. The second-order valence-electron chi connectivity index (χ2n) is 2.92. The van der Waals surface area contributed by atoms with E-state index in [1.165, 1.54) is 24.4 Å². The fourth-order valence-electron chi connectivity index (χ4n) is 0.968. The molecule has 0 saturated carbocycles. The molecule has 0 saturated heterocycles. The first-order valence-corrected chi connectivity index (χ1v) is 4.83. The minimum absolute atomic E-state index is 0.0478. The summed E-state index contributed by atoms with van der Waals surface area (Å²) in [6, 6.07) is 3.59. The van der Waals surface area contributed by atoms with Gasteiger partial charge in [0.05, 0.1) is 6.21 Å². The number of phenolic OH excluding ortho intramolecular Hbond substituents is 1. The maximum atomic E-state index is 12.8. The molecular weight excluding hydrogens is 209 g/mol. The zero-order valence-electron chi connectivity index (χ0n) is 8.90. The molecule has 3 nitrogen and oxygen atoms in total. The minimum atomic E-state index is -0.440. The molecule has 0 atom stereocenters. The summed E-state index contributed by atoms with van der Waals surface area (Å²) in [5, 5.41) is 12.9. The van der Waals surface area contributed by atoms with E-state index in [1.807, 2.05) is 6.92 Å². The van der Waals surface area contributed by atoms with E-state index >= 15 is 0 Å². The summed E-state index contributed by atoms with van der Waals surface area (Å²) in [7, 11) is 0. The highest BCUT2D eigenvalue weighted by atomic mass is 19.1. The van der Waals surface area contributed by atoms with Crippen molar-refractivity contribution in [1.29, 1.82) is 0 Å². The average Bonchev–Trinajstić information content (AvgIpc) is 2.28. The van der Waals surface area contributed by atoms with E-state index in [1.54, 1.807) is 0 Å². The lowest BCUT2D eigenvalue weighted by Crippen LogP contribution is -1.88. The number of aromatic hydroxyl groups is 1. The van der Waals surface area contributed by atoms with Crippen molar-refractivity contribution in [2.24, 2.45) is 5.16 Å².